The first-order chi connectivity index (χ1) is 13.3. The van der Waals surface area contributed by atoms with Gasteiger partial charge in [-0.2, -0.15) is 5.26 Å². The Morgan fingerprint density at radius 2 is 1.93 bits per heavy atom. The molecule has 1 aliphatic heterocycles. The van der Waals surface area contributed by atoms with Crippen LogP contribution in [-0.4, -0.2) is 25.2 Å². The number of carbonyl (C=O) groups is 2. The van der Waals surface area contributed by atoms with Crippen molar-refractivity contribution in [3.8, 4) is 6.07 Å². The number of hydrogen-bond acceptors (Lipinski definition) is 7. The molecule has 0 radical (unpaired) electrons. The molecule has 0 saturated heterocycles. The number of esters is 2. The lowest BCUT2D eigenvalue weighted by Gasteiger charge is -2.28. The third-order valence-electron chi connectivity index (χ3n) is 3.89. The molecule has 28 heavy (non-hydrogen) atoms. The molecule has 1 atom stereocenters. The van der Waals surface area contributed by atoms with Gasteiger partial charge in [-0.1, -0.05) is 35.3 Å². The van der Waals surface area contributed by atoms with Crippen molar-refractivity contribution < 1.29 is 23.8 Å². The van der Waals surface area contributed by atoms with Crippen LogP contribution in [-0.2, 0) is 23.8 Å². The fourth-order valence-electron chi connectivity index (χ4n) is 2.78. The van der Waals surface area contributed by atoms with E-state index in [9.17, 15) is 14.9 Å². The molecule has 1 unspecified atom stereocenters. The number of benzene rings is 1. The Morgan fingerprint density at radius 3 is 2.54 bits per heavy atom. The quantitative estimate of drug-likeness (QED) is 0.694. The van der Waals surface area contributed by atoms with Gasteiger partial charge in [0.2, 0.25) is 5.88 Å². The van der Waals surface area contributed by atoms with Crippen LogP contribution in [0, 0.1) is 11.3 Å². The van der Waals surface area contributed by atoms with Crippen LogP contribution >= 0.6 is 23.2 Å². The Morgan fingerprint density at radius 1 is 1.25 bits per heavy atom. The van der Waals surface area contributed by atoms with Crippen LogP contribution in [0.25, 0.3) is 0 Å². The van der Waals surface area contributed by atoms with Crippen LogP contribution in [0.4, 0.5) is 0 Å². The molecule has 0 saturated carbocycles. The number of halogens is 2. The van der Waals surface area contributed by atoms with E-state index in [2.05, 4.69) is 0 Å². The molecule has 7 nitrogen and oxygen atoms in total. The molecule has 1 heterocycles. The highest BCUT2D eigenvalue weighted by atomic mass is 35.5. The van der Waals surface area contributed by atoms with Crippen LogP contribution in [0.5, 0.6) is 0 Å². The molecule has 0 aromatic heterocycles. The fraction of sp³-hybridized carbons (Fsp3) is 0.316. The summed E-state index contributed by atoms with van der Waals surface area (Å²) in [7, 11) is 0. The Labute approximate surface area is 172 Å². The number of nitriles is 1. The van der Waals surface area contributed by atoms with E-state index < -0.39 is 17.9 Å². The molecule has 148 valence electrons. The van der Waals surface area contributed by atoms with E-state index in [0.29, 0.717) is 5.56 Å². The molecule has 1 aromatic carbocycles. The Hall–Kier alpha value is -2.69. The fourth-order valence-corrected chi connectivity index (χ4v) is 3.20. The van der Waals surface area contributed by atoms with Gasteiger partial charge in [-0.3, -0.25) is 4.79 Å². The van der Waals surface area contributed by atoms with Crippen molar-refractivity contribution in [2.24, 2.45) is 5.73 Å². The molecule has 0 amide bonds. The predicted molar refractivity (Wildman–Crippen MR) is 102 cm³/mol. The third-order valence-corrected chi connectivity index (χ3v) is 4.73. The van der Waals surface area contributed by atoms with Crippen LogP contribution in [0.2, 0.25) is 10.0 Å². The molecule has 2 N–H and O–H groups in total. The summed E-state index contributed by atoms with van der Waals surface area (Å²) >= 11 is 12.4. The molecule has 1 aliphatic rings. The highest BCUT2D eigenvalue weighted by molar-refractivity contribution is 6.42. The molecular formula is C19H18Cl2N2O5. The van der Waals surface area contributed by atoms with Crippen molar-refractivity contribution in [3.63, 3.8) is 0 Å². The minimum atomic E-state index is -1.01. The van der Waals surface area contributed by atoms with Gasteiger partial charge in [0, 0.05) is 0 Å². The summed E-state index contributed by atoms with van der Waals surface area (Å²) in [5, 5.41) is 10.0. The van der Waals surface area contributed by atoms with Crippen molar-refractivity contribution in [2.45, 2.75) is 26.2 Å². The van der Waals surface area contributed by atoms with E-state index in [4.69, 9.17) is 43.1 Å². The third kappa shape index (κ3) is 4.41. The normalized spacial score (nSPS) is 16.3. The Bertz CT molecular complexity index is 902. The topological polar surface area (TPSA) is 112 Å². The maximum absolute atomic E-state index is 12.7. The van der Waals surface area contributed by atoms with E-state index in [1.165, 1.54) is 0 Å². The van der Waals surface area contributed by atoms with E-state index >= 15 is 0 Å². The lowest BCUT2D eigenvalue weighted by molar-refractivity contribution is -0.143. The molecular weight excluding hydrogens is 407 g/mol. The average molecular weight is 425 g/mol. The number of carbonyl (C=O) groups excluding carboxylic acids is 2. The maximum Gasteiger partial charge on any atom is 0.338 e. The highest BCUT2D eigenvalue weighted by Gasteiger charge is 2.39. The van der Waals surface area contributed by atoms with Crippen LogP contribution in [0.15, 0.2) is 41.0 Å². The second kappa shape index (κ2) is 9.49. The number of nitrogens with two attached hydrogens (primary N) is 1. The monoisotopic (exact) mass is 424 g/mol. The molecule has 2 rings (SSSR count). The first kappa shape index (κ1) is 21.6. The van der Waals surface area contributed by atoms with Crippen molar-refractivity contribution in [3.05, 3.63) is 56.6 Å². The van der Waals surface area contributed by atoms with Crippen LogP contribution < -0.4 is 5.73 Å². The lowest BCUT2D eigenvalue weighted by atomic mass is 9.82. The number of nitrogens with zero attached hydrogens (tertiary/aromatic N) is 1. The summed E-state index contributed by atoms with van der Waals surface area (Å²) in [6.45, 7) is 3.51. The number of ether oxygens (including phenoxy) is 3. The van der Waals surface area contributed by atoms with Gasteiger partial charge in [-0.25, -0.2) is 4.79 Å². The minimum Gasteiger partial charge on any atom is -0.466 e. The molecule has 0 fully saturated rings. The second-order valence-electron chi connectivity index (χ2n) is 5.61. The van der Waals surface area contributed by atoms with E-state index in [-0.39, 0.29) is 52.5 Å². The Kier molecular flexibility index (Phi) is 7.32. The van der Waals surface area contributed by atoms with Gasteiger partial charge in [-0.15, -0.1) is 0 Å². The van der Waals surface area contributed by atoms with E-state index in [1.807, 2.05) is 6.07 Å². The summed E-state index contributed by atoms with van der Waals surface area (Å²) in [5.41, 5.74) is 6.17. The molecule has 1 aromatic rings. The Balaban J connectivity index is 2.71. The number of hydrogen-bond donors (Lipinski definition) is 1. The SMILES string of the molecule is CCOC(=O)CC1=C(C(=O)OCC)C(c2cccc(Cl)c2Cl)C(C#N)=C(N)O1. The van der Waals surface area contributed by atoms with Gasteiger partial charge in [0.05, 0.1) is 34.8 Å². The maximum atomic E-state index is 12.7. The summed E-state index contributed by atoms with van der Waals surface area (Å²) in [4.78, 5) is 24.7. The summed E-state index contributed by atoms with van der Waals surface area (Å²) in [5.74, 6) is -2.69. The molecule has 0 bridgehead atoms. The predicted octanol–water partition coefficient (Wildman–Crippen LogP) is 3.57. The van der Waals surface area contributed by atoms with Crippen molar-refractivity contribution >= 4 is 35.1 Å². The molecule has 0 aliphatic carbocycles. The molecule has 9 heteroatoms. The van der Waals surface area contributed by atoms with Crippen molar-refractivity contribution in [1.82, 2.24) is 0 Å². The van der Waals surface area contributed by atoms with Gasteiger partial charge in [0.1, 0.15) is 23.8 Å². The number of rotatable bonds is 6. The van der Waals surface area contributed by atoms with Gasteiger partial charge >= 0.3 is 11.9 Å². The summed E-state index contributed by atoms with van der Waals surface area (Å²) < 4.78 is 15.5. The van der Waals surface area contributed by atoms with Crippen molar-refractivity contribution in [1.29, 1.82) is 5.26 Å². The highest BCUT2D eigenvalue weighted by Crippen LogP contribution is 2.44. The summed E-state index contributed by atoms with van der Waals surface area (Å²) in [6, 6.07) is 6.74. The van der Waals surface area contributed by atoms with E-state index in [1.54, 1.807) is 32.0 Å². The molecule has 0 spiro atoms. The first-order valence-corrected chi connectivity index (χ1v) is 9.18. The standard InChI is InChI=1S/C19H18Cl2N2O5/c1-3-26-14(24)8-13-16(19(25)27-4-2)15(11(9-22)18(23)28-13)10-6-5-7-12(20)17(10)21/h5-7,15H,3-4,8,23H2,1-2H3. The van der Waals surface area contributed by atoms with Crippen molar-refractivity contribution in [2.75, 3.05) is 13.2 Å². The zero-order valence-electron chi connectivity index (χ0n) is 15.3. The van der Waals surface area contributed by atoms with Gasteiger partial charge in [0.15, 0.2) is 0 Å². The van der Waals surface area contributed by atoms with Gasteiger partial charge < -0.3 is 19.9 Å². The summed E-state index contributed by atoms with van der Waals surface area (Å²) in [6.07, 6.45) is -0.365. The van der Waals surface area contributed by atoms with E-state index in [0.717, 1.165) is 0 Å². The first-order valence-electron chi connectivity index (χ1n) is 8.42. The number of allylic oxidation sites excluding steroid dienone is 1. The van der Waals surface area contributed by atoms with Crippen LogP contribution in [0.1, 0.15) is 31.7 Å². The zero-order chi connectivity index (χ0) is 20.8. The lowest BCUT2D eigenvalue weighted by Crippen LogP contribution is -2.27. The van der Waals surface area contributed by atoms with Gasteiger partial charge in [0.25, 0.3) is 0 Å². The van der Waals surface area contributed by atoms with Gasteiger partial charge in [-0.05, 0) is 25.5 Å². The van der Waals surface area contributed by atoms with Crippen LogP contribution in [0.3, 0.4) is 0 Å². The minimum absolute atomic E-state index is 0.0418. The largest absolute Gasteiger partial charge is 0.466 e. The second-order valence-corrected chi connectivity index (χ2v) is 6.39. The average Bonchev–Trinajstić information content (AvgIpc) is 2.64. The zero-order valence-corrected chi connectivity index (χ0v) is 16.8. The smallest absolute Gasteiger partial charge is 0.338 e.